The smallest absolute Gasteiger partial charge is 0.145 e. The van der Waals surface area contributed by atoms with Gasteiger partial charge in [0.2, 0.25) is 0 Å². The first-order valence-electron chi connectivity index (χ1n) is 5.97. The summed E-state index contributed by atoms with van der Waals surface area (Å²) in [5.41, 5.74) is 2.92. The van der Waals surface area contributed by atoms with Crippen molar-refractivity contribution in [2.45, 2.75) is 0 Å². The molecule has 0 aliphatic heterocycles. The molecule has 0 atom stereocenters. The highest BCUT2D eigenvalue weighted by molar-refractivity contribution is 9.10. The van der Waals surface area contributed by atoms with Crippen molar-refractivity contribution in [2.24, 2.45) is 0 Å². The zero-order valence-electron chi connectivity index (χ0n) is 10.4. The van der Waals surface area contributed by atoms with Gasteiger partial charge < -0.3 is 0 Å². The monoisotopic (exact) mass is 324 g/mol. The van der Waals surface area contributed by atoms with Crippen molar-refractivity contribution < 1.29 is 0 Å². The summed E-state index contributed by atoms with van der Waals surface area (Å²) in [6.45, 7) is 0. The van der Waals surface area contributed by atoms with Gasteiger partial charge in [0.05, 0.1) is 5.52 Å². The summed E-state index contributed by atoms with van der Waals surface area (Å²) >= 11 is 3.47. The minimum atomic E-state index is 0.422. The number of nitriles is 1. The van der Waals surface area contributed by atoms with Crippen LogP contribution in [0.3, 0.4) is 0 Å². The Morgan fingerprint density at radius 3 is 2.70 bits per heavy atom. The Bertz CT molecular complexity index is 842. The van der Waals surface area contributed by atoms with Gasteiger partial charge in [-0.05, 0) is 29.8 Å². The highest BCUT2D eigenvalue weighted by atomic mass is 79.9. The summed E-state index contributed by atoms with van der Waals surface area (Å²) in [5, 5.41) is 17.5. The van der Waals surface area contributed by atoms with Crippen LogP contribution in [0.25, 0.3) is 22.8 Å². The second-order valence-electron chi connectivity index (χ2n) is 4.15. The fourth-order valence-corrected chi connectivity index (χ4v) is 2.33. The maximum atomic E-state index is 9.39. The predicted molar refractivity (Wildman–Crippen MR) is 81.5 cm³/mol. The third-order valence-electron chi connectivity index (χ3n) is 2.89. The first-order valence-corrected chi connectivity index (χ1v) is 6.76. The van der Waals surface area contributed by atoms with Crippen LogP contribution in [-0.4, -0.2) is 15.0 Å². The summed E-state index contributed by atoms with van der Waals surface area (Å²) in [5.74, 6) is 0. The highest BCUT2D eigenvalue weighted by Crippen LogP contribution is 2.21. The number of para-hydroxylation sites is 1. The molecule has 2 aromatic carbocycles. The Balaban J connectivity index is 2.16. The van der Waals surface area contributed by atoms with E-state index in [-0.39, 0.29) is 0 Å². The van der Waals surface area contributed by atoms with Gasteiger partial charge in [0, 0.05) is 4.47 Å². The van der Waals surface area contributed by atoms with Crippen LogP contribution < -0.4 is 0 Å². The van der Waals surface area contributed by atoms with Gasteiger partial charge in [-0.2, -0.15) is 5.26 Å². The van der Waals surface area contributed by atoms with E-state index in [0.29, 0.717) is 5.70 Å². The Morgan fingerprint density at radius 2 is 1.90 bits per heavy atom. The number of halogens is 1. The number of benzene rings is 2. The Labute approximate surface area is 124 Å². The third kappa shape index (κ3) is 2.22. The molecule has 0 aliphatic carbocycles. The molecule has 3 aromatic rings. The number of hydrogen-bond donors (Lipinski definition) is 0. The number of nitrogens with zero attached hydrogens (tertiary/aromatic N) is 4. The van der Waals surface area contributed by atoms with Crippen LogP contribution in [0.2, 0.25) is 0 Å². The summed E-state index contributed by atoms with van der Waals surface area (Å²) in [6.07, 6.45) is 1.78. The molecule has 0 saturated heterocycles. The SMILES string of the molecule is N#C/C(=C\c1ccccc1Br)n1nnc2ccccc21. The zero-order chi connectivity index (χ0) is 13.9. The molecule has 96 valence electrons. The molecule has 5 heteroatoms. The Morgan fingerprint density at radius 1 is 1.15 bits per heavy atom. The molecule has 0 saturated carbocycles. The van der Waals surface area contributed by atoms with Gasteiger partial charge in [0.25, 0.3) is 0 Å². The third-order valence-corrected chi connectivity index (χ3v) is 3.61. The topological polar surface area (TPSA) is 54.5 Å². The van der Waals surface area contributed by atoms with E-state index in [1.165, 1.54) is 0 Å². The lowest BCUT2D eigenvalue weighted by Crippen LogP contribution is -1.97. The minimum Gasteiger partial charge on any atom is -0.202 e. The summed E-state index contributed by atoms with van der Waals surface area (Å²) in [6, 6.07) is 17.4. The molecule has 1 aromatic heterocycles. The molecule has 0 bridgehead atoms. The molecule has 0 radical (unpaired) electrons. The van der Waals surface area contributed by atoms with E-state index in [1.54, 1.807) is 10.8 Å². The lowest BCUT2D eigenvalue weighted by atomic mass is 10.2. The second kappa shape index (κ2) is 5.27. The molecule has 0 amide bonds. The van der Waals surface area contributed by atoms with Gasteiger partial charge in [-0.25, -0.2) is 4.68 Å². The van der Waals surface area contributed by atoms with Gasteiger partial charge in [0.15, 0.2) is 0 Å². The Hall–Kier alpha value is -2.45. The summed E-state index contributed by atoms with van der Waals surface area (Å²) in [7, 11) is 0. The number of aromatic nitrogens is 3. The Kier molecular flexibility index (Phi) is 3.32. The van der Waals surface area contributed by atoms with Crippen molar-refractivity contribution in [3.05, 3.63) is 58.6 Å². The van der Waals surface area contributed by atoms with Crippen molar-refractivity contribution in [3.8, 4) is 6.07 Å². The zero-order valence-corrected chi connectivity index (χ0v) is 11.9. The largest absolute Gasteiger partial charge is 0.202 e. The highest BCUT2D eigenvalue weighted by Gasteiger charge is 2.08. The normalized spacial score (nSPS) is 11.5. The molecule has 1 heterocycles. The molecule has 0 N–H and O–H groups in total. The lowest BCUT2D eigenvalue weighted by molar-refractivity contribution is 0.848. The van der Waals surface area contributed by atoms with Crippen LogP contribution >= 0.6 is 15.9 Å². The van der Waals surface area contributed by atoms with E-state index in [0.717, 1.165) is 21.1 Å². The van der Waals surface area contributed by atoms with Crippen LogP contribution in [-0.2, 0) is 0 Å². The van der Waals surface area contributed by atoms with Crippen LogP contribution in [0.5, 0.6) is 0 Å². The average Bonchev–Trinajstić information content (AvgIpc) is 2.90. The van der Waals surface area contributed by atoms with Gasteiger partial charge in [-0.3, -0.25) is 0 Å². The van der Waals surface area contributed by atoms with Gasteiger partial charge in [0.1, 0.15) is 17.3 Å². The molecule has 20 heavy (non-hydrogen) atoms. The van der Waals surface area contributed by atoms with Crippen LogP contribution in [0.15, 0.2) is 53.0 Å². The number of rotatable bonds is 2. The quantitative estimate of drug-likeness (QED) is 0.675. The second-order valence-corrected chi connectivity index (χ2v) is 5.01. The number of allylic oxidation sites excluding steroid dienone is 1. The number of fused-ring (bicyclic) bond motifs is 1. The summed E-state index contributed by atoms with van der Waals surface area (Å²) in [4.78, 5) is 0. The van der Waals surface area contributed by atoms with E-state index in [1.807, 2.05) is 48.5 Å². The van der Waals surface area contributed by atoms with Gasteiger partial charge in [-0.15, -0.1) is 5.10 Å². The lowest BCUT2D eigenvalue weighted by Gasteiger charge is -2.01. The molecule has 3 rings (SSSR count). The average molecular weight is 325 g/mol. The van der Waals surface area contributed by atoms with Crippen molar-refractivity contribution in [1.29, 1.82) is 5.26 Å². The first-order chi connectivity index (χ1) is 9.79. The van der Waals surface area contributed by atoms with Crippen LogP contribution in [0.4, 0.5) is 0 Å². The van der Waals surface area contributed by atoms with E-state index < -0.39 is 0 Å². The molecule has 4 nitrogen and oxygen atoms in total. The predicted octanol–water partition coefficient (Wildman–Crippen LogP) is 3.72. The van der Waals surface area contributed by atoms with Crippen LogP contribution in [0, 0.1) is 11.3 Å². The molecule has 0 aliphatic rings. The summed E-state index contributed by atoms with van der Waals surface area (Å²) < 4.78 is 2.48. The standard InChI is InChI=1S/C15H9BrN4/c16-13-6-2-1-5-11(13)9-12(10-17)20-15-8-4-3-7-14(15)18-19-20/h1-9H/b12-9+. The van der Waals surface area contributed by atoms with Gasteiger partial charge in [-0.1, -0.05) is 51.5 Å². The van der Waals surface area contributed by atoms with Gasteiger partial charge >= 0.3 is 0 Å². The van der Waals surface area contributed by atoms with Crippen LogP contribution in [0.1, 0.15) is 5.56 Å². The molecule has 0 fully saturated rings. The fraction of sp³-hybridized carbons (Fsp3) is 0. The molecule has 0 unspecified atom stereocenters. The minimum absolute atomic E-state index is 0.422. The van der Waals surface area contributed by atoms with Crippen molar-refractivity contribution in [1.82, 2.24) is 15.0 Å². The van der Waals surface area contributed by atoms with Crippen molar-refractivity contribution in [2.75, 3.05) is 0 Å². The molecular weight excluding hydrogens is 316 g/mol. The van der Waals surface area contributed by atoms with Crippen molar-refractivity contribution in [3.63, 3.8) is 0 Å². The van der Waals surface area contributed by atoms with Crippen molar-refractivity contribution >= 4 is 38.7 Å². The fourth-order valence-electron chi connectivity index (χ4n) is 1.93. The number of hydrogen-bond acceptors (Lipinski definition) is 3. The van der Waals surface area contributed by atoms with E-state index >= 15 is 0 Å². The molecular formula is C15H9BrN4. The van der Waals surface area contributed by atoms with E-state index in [4.69, 9.17) is 0 Å². The van der Waals surface area contributed by atoms with E-state index in [9.17, 15) is 5.26 Å². The maximum absolute atomic E-state index is 9.39. The maximum Gasteiger partial charge on any atom is 0.145 e. The van der Waals surface area contributed by atoms with E-state index in [2.05, 4.69) is 32.3 Å². The molecule has 0 spiro atoms. The first kappa shape index (κ1) is 12.6.